The van der Waals surface area contributed by atoms with Crippen molar-refractivity contribution >= 4 is 11.6 Å². The maximum absolute atomic E-state index is 12.4. The van der Waals surface area contributed by atoms with E-state index in [2.05, 4.69) is 12.2 Å². The van der Waals surface area contributed by atoms with Crippen LogP contribution in [0.15, 0.2) is 42.5 Å². The lowest BCUT2D eigenvalue weighted by molar-refractivity contribution is -0.122. The van der Waals surface area contributed by atoms with Crippen LogP contribution in [0.5, 0.6) is 5.75 Å². The fourth-order valence-corrected chi connectivity index (χ4v) is 2.40. The molecule has 0 heterocycles. The number of hydrogen-bond acceptors (Lipinski definition) is 3. The second kappa shape index (κ2) is 7.79. The Bertz CT molecular complexity index is 682. The zero-order chi connectivity index (χ0) is 16.8. The van der Waals surface area contributed by atoms with Gasteiger partial charge >= 0.3 is 0 Å². The van der Waals surface area contributed by atoms with Crippen molar-refractivity contribution in [1.82, 2.24) is 0 Å². The Labute approximate surface area is 137 Å². The summed E-state index contributed by atoms with van der Waals surface area (Å²) in [5.41, 5.74) is 3.75. The summed E-state index contributed by atoms with van der Waals surface area (Å²) in [5.74, 6) is 0.378. The van der Waals surface area contributed by atoms with E-state index < -0.39 is 6.10 Å². The van der Waals surface area contributed by atoms with Crippen molar-refractivity contribution in [2.75, 3.05) is 5.32 Å². The number of ether oxygens (including phenoxy) is 1. The van der Waals surface area contributed by atoms with Crippen LogP contribution in [0.3, 0.4) is 0 Å². The van der Waals surface area contributed by atoms with Gasteiger partial charge in [0.15, 0.2) is 6.10 Å². The maximum atomic E-state index is 12.4. The fourth-order valence-electron chi connectivity index (χ4n) is 2.40. The first-order chi connectivity index (χ1) is 11.0. The first-order valence-corrected chi connectivity index (χ1v) is 7.81. The van der Waals surface area contributed by atoms with E-state index in [-0.39, 0.29) is 12.5 Å². The number of hydrogen-bond donors (Lipinski definition) is 2. The molecule has 0 bridgehead atoms. The number of rotatable bonds is 6. The van der Waals surface area contributed by atoms with Gasteiger partial charge in [0, 0.05) is 5.69 Å². The second-order valence-electron chi connectivity index (χ2n) is 5.52. The Balaban J connectivity index is 2.08. The number of carbonyl (C=O) groups excluding carboxylic acids is 1. The lowest BCUT2D eigenvalue weighted by Gasteiger charge is -2.18. The maximum Gasteiger partial charge on any atom is 0.265 e. The molecule has 0 aliphatic rings. The van der Waals surface area contributed by atoms with Crippen LogP contribution in [0.1, 0.15) is 30.5 Å². The van der Waals surface area contributed by atoms with E-state index in [1.807, 2.05) is 25.1 Å². The van der Waals surface area contributed by atoms with Crippen molar-refractivity contribution in [3.63, 3.8) is 0 Å². The summed E-state index contributed by atoms with van der Waals surface area (Å²) in [5, 5.41) is 12.1. The number of aryl methyl sites for hydroxylation is 2. The third-order valence-corrected chi connectivity index (χ3v) is 3.75. The Morgan fingerprint density at radius 1 is 1.26 bits per heavy atom. The summed E-state index contributed by atoms with van der Waals surface area (Å²) >= 11 is 0. The van der Waals surface area contributed by atoms with Gasteiger partial charge in [-0.3, -0.25) is 4.79 Å². The van der Waals surface area contributed by atoms with Crippen molar-refractivity contribution < 1.29 is 14.6 Å². The van der Waals surface area contributed by atoms with Crippen LogP contribution in [0, 0.1) is 6.92 Å². The van der Waals surface area contributed by atoms with Crippen LogP contribution < -0.4 is 10.1 Å². The number of carbonyl (C=O) groups is 1. The highest BCUT2D eigenvalue weighted by Crippen LogP contribution is 2.22. The lowest BCUT2D eigenvalue weighted by atomic mass is 10.1. The highest BCUT2D eigenvalue weighted by Gasteiger charge is 2.17. The van der Waals surface area contributed by atoms with E-state index in [1.165, 1.54) is 0 Å². The number of nitrogens with one attached hydrogen (secondary N) is 1. The molecule has 4 heteroatoms. The van der Waals surface area contributed by atoms with Gasteiger partial charge in [-0.05, 0) is 49.1 Å². The molecular formula is C19H23NO3. The van der Waals surface area contributed by atoms with Crippen LogP contribution in [-0.2, 0) is 17.8 Å². The van der Waals surface area contributed by atoms with E-state index in [1.54, 1.807) is 31.2 Å². The van der Waals surface area contributed by atoms with Gasteiger partial charge in [-0.2, -0.15) is 0 Å². The van der Waals surface area contributed by atoms with Gasteiger partial charge in [-0.1, -0.05) is 37.3 Å². The molecule has 4 nitrogen and oxygen atoms in total. The van der Waals surface area contributed by atoms with Gasteiger partial charge in [-0.25, -0.2) is 0 Å². The van der Waals surface area contributed by atoms with E-state index in [9.17, 15) is 4.79 Å². The average Bonchev–Trinajstić information content (AvgIpc) is 2.56. The van der Waals surface area contributed by atoms with Crippen molar-refractivity contribution in [3.05, 3.63) is 59.2 Å². The zero-order valence-corrected chi connectivity index (χ0v) is 13.8. The van der Waals surface area contributed by atoms with Crippen LogP contribution in [-0.4, -0.2) is 17.1 Å². The number of aliphatic hydroxyl groups is 1. The molecule has 0 radical (unpaired) electrons. The van der Waals surface area contributed by atoms with Gasteiger partial charge < -0.3 is 15.2 Å². The number of aliphatic hydroxyl groups excluding tert-OH is 1. The minimum Gasteiger partial charge on any atom is -0.481 e. The van der Waals surface area contributed by atoms with Crippen LogP contribution in [0.2, 0.25) is 0 Å². The minimum absolute atomic E-state index is 0.0547. The average molecular weight is 313 g/mol. The molecule has 122 valence electrons. The van der Waals surface area contributed by atoms with Crippen LogP contribution in [0.25, 0.3) is 0 Å². The summed E-state index contributed by atoms with van der Waals surface area (Å²) < 4.78 is 5.68. The second-order valence-corrected chi connectivity index (χ2v) is 5.52. The largest absolute Gasteiger partial charge is 0.481 e. The van der Waals surface area contributed by atoms with Crippen LogP contribution in [0.4, 0.5) is 5.69 Å². The normalized spacial score (nSPS) is 11.8. The molecule has 0 fully saturated rings. The highest BCUT2D eigenvalue weighted by atomic mass is 16.5. The molecule has 0 spiro atoms. The molecule has 1 amide bonds. The molecule has 1 unspecified atom stereocenters. The first kappa shape index (κ1) is 17.0. The molecule has 2 rings (SSSR count). The summed E-state index contributed by atoms with van der Waals surface area (Å²) in [4.78, 5) is 12.4. The van der Waals surface area contributed by atoms with Gasteiger partial charge in [0.05, 0.1) is 6.61 Å². The first-order valence-electron chi connectivity index (χ1n) is 7.81. The van der Waals surface area contributed by atoms with Crippen LogP contribution >= 0.6 is 0 Å². The van der Waals surface area contributed by atoms with Crippen molar-refractivity contribution in [1.29, 1.82) is 0 Å². The van der Waals surface area contributed by atoms with Gasteiger partial charge in [0.1, 0.15) is 5.75 Å². The Morgan fingerprint density at radius 3 is 2.70 bits per heavy atom. The van der Waals surface area contributed by atoms with Gasteiger partial charge in [0.2, 0.25) is 0 Å². The molecule has 0 aliphatic carbocycles. The molecule has 2 N–H and O–H groups in total. The number of benzene rings is 2. The molecular weight excluding hydrogens is 290 g/mol. The smallest absolute Gasteiger partial charge is 0.265 e. The van der Waals surface area contributed by atoms with Crippen molar-refractivity contribution in [2.45, 2.75) is 39.9 Å². The molecule has 0 saturated heterocycles. The molecule has 23 heavy (non-hydrogen) atoms. The topological polar surface area (TPSA) is 58.6 Å². The summed E-state index contributed by atoms with van der Waals surface area (Å²) in [7, 11) is 0. The minimum atomic E-state index is -0.631. The van der Waals surface area contributed by atoms with Crippen molar-refractivity contribution in [2.24, 2.45) is 0 Å². The number of anilines is 1. The molecule has 0 aromatic heterocycles. The number of amides is 1. The molecule has 0 aliphatic heterocycles. The zero-order valence-electron chi connectivity index (χ0n) is 13.8. The predicted molar refractivity (Wildman–Crippen MR) is 91.6 cm³/mol. The Hall–Kier alpha value is -2.33. The lowest BCUT2D eigenvalue weighted by Crippen LogP contribution is -2.30. The quantitative estimate of drug-likeness (QED) is 0.858. The fraction of sp³-hybridized carbons (Fsp3) is 0.316. The van der Waals surface area contributed by atoms with Crippen molar-refractivity contribution in [3.8, 4) is 5.75 Å². The molecule has 2 aromatic carbocycles. The third kappa shape index (κ3) is 4.33. The highest BCUT2D eigenvalue weighted by molar-refractivity contribution is 5.95. The molecule has 2 aromatic rings. The molecule has 1 atom stereocenters. The number of para-hydroxylation sites is 1. The summed E-state index contributed by atoms with van der Waals surface area (Å²) in [6.07, 6.45) is 0.221. The Morgan fingerprint density at radius 2 is 2.00 bits per heavy atom. The van der Waals surface area contributed by atoms with E-state index in [4.69, 9.17) is 9.84 Å². The summed E-state index contributed by atoms with van der Waals surface area (Å²) in [6.45, 7) is 5.70. The molecule has 0 saturated carbocycles. The Kier molecular flexibility index (Phi) is 5.77. The van der Waals surface area contributed by atoms with Gasteiger partial charge in [-0.15, -0.1) is 0 Å². The van der Waals surface area contributed by atoms with E-state index in [0.717, 1.165) is 28.8 Å². The third-order valence-electron chi connectivity index (χ3n) is 3.75. The van der Waals surface area contributed by atoms with Gasteiger partial charge in [0.25, 0.3) is 5.91 Å². The van der Waals surface area contributed by atoms with E-state index in [0.29, 0.717) is 5.75 Å². The standard InChI is InChI=1S/C19H23NO3/c1-4-16-9-5-7-13(2)18(16)20-19(22)14(3)23-17-10-6-8-15(11-17)12-21/h5-11,14,21H,4,12H2,1-3H3,(H,20,22). The predicted octanol–water partition coefficient (Wildman–Crippen LogP) is 3.46. The summed E-state index contributed by atoms with van der Waals surface area (Å²) in [6, 6.07) is 13.1. The van der Waals surface area contributed by atoms with E-state index >= 15 is 0 Å². The monoisotopic (exact) mass is 313 g/mol. The SMILES string of the molecule is CCc1cccc(C)c1NC(=O)C(C)Oc1cccc(CO)c1.